The van der Waals surface area contributed by atoms with Gasteiger partial charge < -0.3 is 10.4 Å². The molecule has 0 aliphatic carbocycles. The van der Waals surface area contributed by atoms with Crippen molar-refractivity contribution in [2.75, 3.05) is 11.6 Å². The first-order chi connectivity index (χ1) is 15.1. The number of carboxylic acid groups (broad SMARTS) is 1. The molecule has 0 atom stereocenters. The number of carboxylic acids is 1. The zero-order valence-corrected chi connectivity index (χ0v) is 19.2. The van der Waals surface area contributed by atoms with Crippen molar-refractivity contribution in [2.24, 2.45) is 0 Å². The molecule has 0 bridgehead atoms. The molecule has 0 unspecified atom stereocenters. The molecule has 0 aliphatic heterocycles. The van der Waals surface area contributed by atoms with Crippen LogP contribution in [0, 0.1) is 0 Å². The van der Waals surface area contributed by atoms with Crippen LogP contribution in [0.4, 0.5) is 5.13 Å². The fourth-order valence-corrected chi connectivity index (χ4v) is 4.62. The molecule has 1 heterocycles. The van der Waals surface area contributed by atoms with E-state index in [1.165, 1.54) is 24.5 Å². The van der Waals surface area contributed by atoms with Crippen molar-refractivity contribution in [3.63, 3.8) is 0 Å². The second-order valence-electron chi connectivity index (χ2n) is 7.25. The number of amides is 1. The van der Waals surface area contributed by atoms with Crippen molar-refractivity contribution in [3.05, 3.63) is 75.8 Å². The third-order valence-electron chi connectivity index (χ3n) is 4.50. The molecule has 1 amide bonds. The van der Waals surface area contributed by atoms with Crippen LogP contribution in [0.2, 0.25) is 0 Å². The lowest BCUT2D eigenvalue weighted by atomic mass is 10.1. The minimum absolute atomic E-state index is 0.0293. The van der Waals surface area contributed by atoms with Gasteiger partial charge in [-0.15, -0.1) is 11.3 Å². The Morgan fingerprint density at radius 1 is 1.03 bits per heavy atom. The SMILES string of the molecule is CC(=O)Nc1nc(C=Cc2ccc(CC(=O)O)cc2)c(Cc2ccc(S(C)(=O)=O)cc2)s1. The van der Waals surface area contributed by atoms with E-state index in [-0.39, 0.29) is 17.2 Å². The van der Waals surface area contributed by atoms with Crippen LogP contribution in [0.1, 0.15) is 34.2 Å². The van der Waals surface area contributed by atoms with E-state index in [0.29, 0.717) is 17.2 Å². The van der Waals surface area contributed by atoms with Gasteiger partial charge in [-0.1, -0.05) is 42.5 Å². The molecule has 1 aromatic heterocycles. The van der Waals surface area contributed by atoms with Crippen LogP contribution >= 0.6 is 11.3 Å². The molecule has 0 saturated heterocycles. The maximum absolute atomic E-state index is 11.7. The average molecular weight is 471 g/mol. The lowest BCUT2D eigenvalue weighted by Gasteiger charge is -2.03. The Bertz CT molecular complexity index is 1260. The second kappa shape index (κ2) is 9.88. The van der Waals surface area contributed by atoms with Gasteiger partial charge in [-0.05, 0) is 34.9 Å². The first-order valence-electron chi connectivity index (χ1n) is 9.65. The molecule has 0 aliphatic rings. The number of aromatic nitrogens is 1. The van der Waals surface area contributed by atoms with E-state index >= 15 is 0 Å². The molecule has 9 heteroatoms. The monoisotopic (exact) mass is 470 g/mol. The number of aliphatic carboxylic acids is 1. The standard InChI is InChI=1S/C23H22N2O5S2/c1-15(26)24-23-25-20(12-9-16-3-5-18(6-4-16)14-22(27)28)21(31-23)13-17-7-10-19(11-8-17)32(2,29)30/h3-12H,13-14H2,1-2H3,(H,27,28)(H,24,25,26). The van der Waals surface area contributed by atoms with Crippen molar-refractivity contribution < 1.29 is 23.1 Å². The molecule has 0 fully saturated rings. The van der Waals surface area contributed by atoms with Gasteiger partial charge in [0.1, 0.15) is 0 Å². The van der Waals surface area contributed by atoms with E-state index in [9.17, 15) is 18.0 Å². The van der Waals surface area contributed by atoms with Crippen LogP contribution in [0.25, 0.3) is 12.2 Å². The van der Waals surface area contributed by atoms with E-state index in [1.807, 2.05) is 24.3 Å². The molecule has 2 aromatic carbocycles. The van der Waals surface area contributed by atoms with Crippen LogP contribution in [-0.4, -0.2) is 36.6 Å². The maximum Gasteiger partial charge on any atom is 0.307 e. The summed E-state index contributed by atoms with van der Waals surface area (Å²) in [6, 6.07) is 13.9. The first kappa shape index (κ1) is 23.4. The molecule has 0 radical (unpaired) electrons. The number of nitrogens with one attached hydrogen (secondary N) is 1. The summed E-state index contributed by atoms with van der Waals surface area (Å²) in [5.41, 5.74) is 3.22. The van der Waals surface area contributed by atoms with Gasteiger partial charge in [0.25, 0.3) is 0 Å². The summed E-state index contributed by atoms with van der Waals surface area (Å²) < 4.78 is 23.3. The van der Waals surface area contributed by atoms with Crippen LogP contribution in [0.5, 0.6) is 0 Å². The summed E-state index contributed by atoms with van der Waals surface area (Å²) in [5, 5.41) is 12.1. The highest BCUT2D eigenvalue weighted by atomic mass is 32.2. The Labute approximate surface area is 190 Å². The zero-order chi connectivity index (χ0) is 23.3. The highest BCUT2D eigenvalue weighted by molar-refractivity contribution is 7.90. The van der Waals surface area contributed by atoms with Gasteiger partial charge in [0, 0.05) is 24.5 Å². The topological polar surface area (TPSA) is 113 Å². The molecule has 3 rings (SSSR count). The fourth-order valence-electron chi connectivity index (χ4n) is 2.96. The average Bonchev–Trinajstić information content (AvgIpc) is 3.07. The normalized spacial score (nSPS) is 11.6. The Kier molecular flexibility index (Phi) is 7.22. The van der Waals surface area contributed by atoms with Gasteiger partial charge in [0.2, 0.25) is 5.91 Å². The van der Waals surface area contributed by atoms with Crippen LogP contribution in [-0.2, 0) is 32.3 Å². The third kappa shape index (κ3) is 6.60. The van der Waals surface area contributed by atoms with Gasteiger partial charge in [0.15, 0.2) is 15.0 Å². The predicted octanol–water partition coefficient (Wildman–Crippen LogP) is 3.89. The van der Waals surface area contributed by atoms with Gasteiger partial charge in [0.05, 0.1) is 17.0 Å². The van der Waals surface area contributed by atoms with E-state index in [2.05, 4.69) is 10.3 Å². The highest BCUT2D eigenvalue weighted by Gasteiger charge is 2.12. The molecule has 32 heavy (non-hydrogen) atoms. The molecule has 2 N–H and O–H groups in total. The lowest BCUT2D eigenvalue weighted by molar-refractivity contribution is -0.136. The molecule has 7 nitrogen and oxygen atoms in total. The summed E-state index contributed by atoms with van der Waals surface area (Å²) in [6.45, 7) is 1.42. The van der Waals surface area contributed by atoms with Gasteiger partial charge >= 0.3 is 5.97 Å². The number of thiazole rings is 1. The molecule has 166 valence electrons. The Balaban J connectivity index is 1.84. The summed E-state index contributed by atoms with van der Waals surface area (Å²) in [5.74, 6) is -1.09. The van der Waals surface area contributed by atoms with E-state index in [0.717, 1.165) is 21.6 Å². The number of sulfone groups is 1. The van der Waals surface area contributed by atoms with Gasteiger partial charge in [-0.25, -0.2) is 13.4 Å². The van der Waals surface area contributed by atoms with Gasteiger partial charge in [-0.2, -0.15) is 0 Å². The molecular weight excluding hydrogens is 448 g/mol. The quantitative estimate of drug-likeness (QED) is 0.516. The summed E-state index contributed by atoms with van der Waals surface area (Å²) in [7, 11) is -3.26. The number of hydrogen-bond donors (Lipinski definition) is 2. The fraction of sp³-hybridized carbons (Fsp3) is 0.174. The molecule has 0 saturated carbocycles. The largest absolute Gasteiger partial charge is 0.481 e. The summed E-state index contributed by atoms with van der Waals surface area (Å²) in [4.78, 5) is 27.9. The zero-order valence-electron chi connectivity index (χ0n) is 17.5. The van der Waals surface area contributed by atoms with Gasteiger partial charge in [-0.3, -0.25) is 9.59 Å². The molecule has 0 spiro atoms. The number of carbonyl (C=O) groups excluding carboxylic acids is 1. The van der Waals surface area contributed by atoms with Crippen LogP contribution in [0.3, 0.4) is 0 Å². The predicted molar refractivity (Wildman–Crippen MR) is 125 cm³/mol. The second-order valence-corrected chi connectivity index (χ2v) is 10.3. The third-order valence-corrected chi connectivity index (χ3v) is 6.61. The Hall–Kier alpha value is -3.30. The minimum atomic E-state index is -3.26. The van der Waals surface area contributed by atoms with Crippen molar-refractivity contribution in [3.8, 4) is 0 Å². The smallest absolute Gasteiger partial charge is 0.307 e. The number of nitrogens with zero attached hydrogens (tertiary/aromatic N) is 1. The lowest BCUT2D eigenvalue weighted by Crippen LogP contribution is -2.04. The van der Waals surface area contributed by atoms with Crippen molar-refractivity contribution in [1.29, 1.82) is 0 Å². The van der Waals surface area contributed by atoms with Crippen LogP contribution in [0.15, 0.2) is 53.4 Å². The Morgan fingerprint density at radius 2 is 1.66 bits per heavy atom. The molecule has 3 aromatic rings. The van der Waals surface area contributed by atoms with Crippen molar-refractivity contribution in [1.82, 2.24) is 4.98 Å². The number of rotatable bonds is 8. The van der Waals surface area contributed by atoms with Crippen molar-refractivity contribution >= 4 is 50.3 Å². The summed E-state index contributed by atoms with van der Waals surface area (Å²) in [6.07, 6.45) is 5.38. The van der Waals surface area contributed by atoms with Crippen molar-refractivity contribution in [2.45, 2.75) is 24.7 Å². The number of hydrogen-bond acceptors (Lipinski definition) is 6. The van der Waals surface area contributed by atoms with E-state index in [1.54, 1.807) is 36.4 Å². The highest BCUT2D eigenvalue weighted by Crippen LogP contribution is 2.28. The van der Waals surface area contributed by atoms with E-state index < -0.39 is 15.8 Å². The number of carbonyl (C=O) groups is 2. The number of anilines is 1. The summed E-state index contributed by atoms with van der Waals surface area (Å²) >= 11 is 1.36. The maximum atomic E-state index is 11.7. The van der Waals surface area contributed by atoms with E-state index in [4.69, 9.17) is 5.11 Å². The minimum Gasteiger partial charge on any atom is -0.481 e. The Morgan fingerprint density at radius 3 is 2.22 bits per heavy atom. The first-order valence-corrected chi connectivity index (χ1v) is 12.4. The molecular formula is C23H22N2O5S2. The van der Waals surface area contributed by atoms with Crippen LogP contribution < -0.4 is 5.32 Å². The number of benzene rings is 2.